The molecular weight excluding hydrogens is 234 g/mol. The minimum absolute atomic E-state index is 0.293. The first-order valence-electron chi connectivity index (χ1n) is 5.70. The fraction of sp³-hybridized carbons (Fsp3) is 0.143. The molecule has 0 atom stereocenters. The zero-order chi connectivity index (χ0) is 12.5. The minimum atomic E-state index is -0.617. The van der Waals surface area contributed by atoms with Crippen LogP contribution in [0.25, 0.3) is 0 Å². The number of nitrogens with zero attached hydrogens (tertiary/aromatic N) is 2. The van der Waals surface area contributed by atoms with Crippen molar-refractivity contribution in [1.29, 1.82) is 0 Å². The maximum atomic E-state index is 13.1. The van der Waals surface area contributed by atoms with Crippen LogP contribution in [0.15, 0.2) is 41.5 Å². The Labute approximate surface area is 103 Å². The molecule has 1 aromatic carbocycles. The normalized spacial score (nSPS) is 16.0. The van der Waals surface area contributed by atoms with Gasteiger partial charge in [-0.15, -0.1) is 0 Å². The van der Waals surface area contributed by atoms with E-state index in [4.69, 9.17) is 0 Å². The lowest BCUT2D eigenvalue weighted by atomic mass is 10.2. The SMILES string of the molecule is Fc1cc(F)cc(N=C2CCc3cccnc32)c1. The van der Waals surface area contributed by atoms with Gasteiger partial charge in [-0.2, -0.15) is 0 Å². The second-order valence-corrected chi connectivity index (χ2v) is 4.20. The Morgan fingerprint density at radius 2 is 1.83 bits per heavy atom. The summed E-state index contributed by atoms with van der Waals surface area (Å²) in [6, 6.07) is 7.15. The van der Waals surface area contributed by atoms with Gasteiger partial charge < -0.3 is 0 Å². The quantitative estimate of drug-likeness (QED) is 0.754. The summed E-state index contributed by atoms with van der Waals surface area (Å²) in [6.07, 6.45) is 3.33. The first-order chi connectivity index (χ1) is 8.72. The van der Waals surface area contributed by atoms with E-state index in [1.54, 1.807) is 6.20 Å². The number of hydrogen-bond acceptors (Lipinski definition) is 2. The predicted molar refractivity (Wildman–Crippen MR) is 65.1 cm³/mol. The standard InChI is InChI=1S/C14H10F2N2/c15-10-6-11(16)8-12(7-10)18-13-4-3-9-2-1-5-17-14(9)13/h1-2,5-8H,3-4H2. The second kappa shape index (κ2) is 4.29. The van der Waals surface area contributed by atoms with Gasteiger partial charge in [0.2, 0.25) is 0 Å². The fourth-order valence-electron chi connectivity index (χ4n) is 2.14. The van der Waals surface area contributed by atoms with Gasteiger partial charge in [-0.1, -0.05) is 6.07 Å². The summed E-state index contributed by atoms with van der Waals surface area (Å²) < 4.78 is 26.1. The van der Waals surface area contributed by atoms with E-state index in [1.807, 2.05) is 12.1 Å². The molecule has 0 fully saturated rings. The molecular formula is C14H10F2N2. The third-order valence-electron chi connectivity index (χ3n) is 2.91. The van der Waals surface area contributed by atoms with Gasteiger partial charge in [0, 0.05) is 12.3 Å². The smallest absolute Gasteiger partial charge is 0.128 e. The van der Waals surface area contributed by atoms with Crippen molar-refractivity contribution in [2.75, 3.05) is 0 Å². The predicted octanol–water partition coefficient (Wildman–Crippen LogP) is 3.43. The lowest BCUT2D eigenvalue weighted by molar-refractivity contribution is 0.584. The number of aryl methyl sites for hydroxylation is 1. The van der Waals surface area contributed by atoms with E-state index in [0.29, 0.717) is 5.69 Å². The summed E-state index contributed by atoms with van der Waals surface area (Å²) in [4.78, 5) is 8.56. The fourth-order valence-corrected chi connectivity index (χ4v) is 2.14. The number of fused-ring (bicyclic) bond motifs is 1. The lowest BCUT2D eigenvalue weighted by Gasteiger charge is -2.00. The molecule has 0 amide bonds. The number of rotatable bonds is 1. The minimum Gasteiger partial charge on any atom is -0.255 e. The topological polar surface area (TPSA) is 25.2 Å². The van der Waals surface area contributed by atoms with Crippen LogP contribution in [0.3, 0.4) is 0 Å². The zero-order valence-corrected chi connectivity index (χ0v) is 9.53. The van der Waals surface area contributed by atoms with E-state index in [-0.39, 0.29) is 0 Å². The van der Waals surface area contributed by atoms with Crippen molar-refractivity contribution in [2.24, 2.45) is 4.99 Å². The molecule has 4 heteroatoms. The highest BCUT2D eigenvalue weighted by Crippen LogP contribution is 2.24. The number of benzene rings is 1. The van der Waals surface area contributed by atoms with Crippen LogP contribution >= 0.6 is 0 Å². The van der Waals surface area contributed by atoms with Gasteiger partial charge in [-0.25, -0.2) is 8.78 Å². The Balaban J connectivity index is 2.03. The van der Waals surface area contributed by atoms with E-state index >= 15 is 0 Å². The first-order valence-corrected chi connectivity index (χ1v) is 5.70. The highest BCUT2D eigenvalue weighted by molar-refractivity contribution is 6.04. The Bertz CT molecular complexity index is 615. The van der Waals surface area contributed by atoms with Crippen LogP contribution in [0.1, 0.15) is 17.7 Å². The van der Waals surface area contributed by atoms with Crippen LogP contribution in [-0.4, -0.2) is 10.7 Å². The molecule has 0 bridgehead atoms. The Kier molecular flexibility index (Phi) is 2.63. The monoisotopic (exact) mass is 244 g/mol. The molecule has 1 aromatic heterocycles. The van der Waals surface area contributed by atoms with Gasteiger partial charge >= 0.3 is 0 Å². The van der Waals surface area contributed by atoms with Crippen LogP contribution in [0.5, 0.6) is 0 Å². The molecule has 2 nitrogen and oxygen atoms in total. The molecule has 0 N–H and O–H groups in total. The summed E-state index contributed by atoms with van der Waals surface area (Å²) >= 11 is 0. The van der Waals surface area contributed by atoms with Crippen LogP contribution in [-0.2, 0) is 6.42 Å². The molecule has 1 aliphatic carbocycles. The first kappa shape index (κ1) is 11.0. The van der Waals surface area contributed by atoms with Crippen molar-refractivity contribution in [3.05, 3.63) is 59.4 Å². The maximum Gasteiger partial charge on any atom is 0.128 e. The van der Waals surface area contributed by atoms with E-state index < -0.39 is 11.6 Å². The van der Waals surface area contributed by atoms with E-state index in [0.717, 1.165) is 35.9 Å². The average molecular weight is 244 g/mol. The highest BCUT2D eigenvalue weighted by atomic mass is 19.1. The molecule has 90 valence electrons. The molecule has 1 aliphatic rings. The van der Waals surface area contributed by atoms with Gasteiger partial charge in [0.05, 0.1) is 17.1 Å². The molecule has 0 aliphatic heterocycles. The molecule has 0 radical (unpaired) electrons. The Hall–Kier alpha value is -2.10. The third kappa shape index (κ3) is 2.01. The zero-order valence-electron chi connectivity index (χ0n) is 9.53. The van der Waals surface area contributed by atoms with Crippen molar-refractivity contribution in [3.8, 4) is 0 Å². The van der Waals surface area contributed by atoms with E-state index in [2.05, 4.69) is 9.98 Å². The number of halogens is 2. The summed E-state index contributed by atoms with van der Waals surface area (Å²) in [7, 11) is 0. The van der Waals surface area contributed by atoms with Gasteiger partial charge in [0.25, 0.3) is 0 Å². The Morgan fingerprint density at radius 1 is 1.06 bits per heavy atom. The molecule has 18 heavy (non-hydrogen) atoms. The van der Waals surface area contributed by atoms with Gasteiger partial charge in [-0.05, 0) is 36.6 Å². The molecule has 3 rings (SSSR count). The lowest BCUT2D eigenvalue weighted by Crippen LogP contribution is -1.97. The molecule has 0 spiro atoms. The largest absolute Gasteiger partial charge is 0.255 e. The number of aliphatic imine (C=N–C) groups is 1. The molecule has 0 unspecified atom stereocenters. The van der Waals surface area contributed by atoms with Crippen molar-refractivity contribution in [1.82, 2.24) is 4.98 Å². The van der Waals surface area contributed by atoms with Gasteiger partial charge in [-0.3, -0.25) is 9.98 Å². The molecule has 0 saturated carbocycles. The third-order valence-corrected chi connectivity index (χ3v) is 2.91. The number of aromatic nitrogens is 1. The maximum absolute atomic E-state index is 13.1. The summed E-state index contributed by atoms with van der Waals surface area (Å²) in [6.45, 7) is 0. The second-order valence-electron chi connectivity index (χ2n) is 4.20. The van der Waals surface area contributed by atoms with E-state index in [9.17, 15) is 8.78 Å². The van der Waals surface area contributed by atoms with Crippen molar-refractivity contribution in [3.63, 3.8) is 0 Å². The van der Waals surface area contributed by atoms with Crippen LogP contribution < -0.4 is 0 Å². The molecule has 2 aromatic rings. The summed E-state index contributed by atoms with van der Waals surface area (Å²) in [5.74, 6) is -1.23. The van der Waals surface area contributed by atoms with Crippen molar-refractivity contribution < 1.29 is 8.78 Å². The number of pyridine rings is 1. The summed E-state index contributed by atoms with van der Waals surface area (Å²) in [5.41, 5.74) is 3.05. The molecule has 0 saturated heterocycles. The van der Waals surface area contributed by atoms with Crippen molar-refractivity contribution >= 4 is 11.4 Å². The summed E-state index contributed by atoms with van der Waals surface area (Å²) in [5, 5.41) is 0. The molecule has 1 heterocycles. The van der Waals surface area contributed by atoms with Crippen molar-refractivity contribution in [2.45, 2.75) is 12.8 Å². The number of hydrogen-bond donors (Lipinski definition) is 0. The Morgan fingerprint density at radius 3 is 2.61 bits per heavy atom. The average Bonchev–Trinajstić information content (AvgIpc) is 2.72. The van der Waals surface area contributed by atoms with Gasteiger partial charge in [0.1, 0.15) is 11.6 Å². The highest BCUT2D eigenvalue weighted by Gasteiger charge is 2.18. The van der Waals surface area contributed by atoms with Crippen LogP contribution in [0.2, 0.25) is 0 Å². The van der Waals surface area contributed by atoms with Crippen LogP contribution in [0.4, 0.5) is 14.5 Å². The van der Waals surface area contributed by atoms with E-state index in [1.165, 1.54) is 12.1 Å². The van der Waals surface area contributed by atoms with Crippen LogP contribution in [0, 0.1) is 11.6 Å². The van der Waals surface area contributed by atoms with Gasteiger partial charge in [0.15, 0.2) is 0 Å².